The summed E-state index contributed by atoms with van der Waals surface area (Å²) in [6, 6.07) is 21.0. The Labute approximate surface area is 155 Å². The predicted molar refractivity (Wildman–Crippen MR) is 98.0 cm³/mol. The van der Waals surface area contributed by atoms with Crippen molar-refractivity contribution in [2.24, 2.45) is 0 Å². The number of carbonyl (C=O) groups is 1. The van der Waals surface area contributed by atoms with E-state index in [1.54, 1.807) is 30.3 Å². The van der Waals surface area contributed by atoms with Crippen LogP contribution in [-0.4, -0.2) is 5.97 Å². The standard InChI is InChI=1S/C20H11Cl2NO2/c21-17-9-16(10-18(22)11-17)20(24)25-19-7-5-15(6-8-19)14-3-1-13(12-23)2-4-14/h1-11H. The molecule has 0 saturated carbocycles. The van der Waals surface area contributed by atoms with Crippen LogP contribution in [0.5, 0.6) is 5.75 Å². The molecule has 3 rings (SSSR count). The lowest BCUT2D eigenvalue weighted by molar-refractivity contribution is 0.0735. The zero-order chi connectivity index (χ0) is 17.8. The molecular formula is C20H11Cl2NO2. The number of ether oxygens (including phenoxy) is 1. The van der Waals surface area contributed by atoms with Crippen LogP contribution >= 0.6 is 23.2 Å². The number of hydrogen-bond acceptors (Lipinski definition) is 3. The average molecular weight is 368 g/mol. The molecule has 0 bridgehead atoms. The summed E-state index contributed by atoms with van der Waals surface area (Å²) in [4.78, 5) is 12.2. The minimum atomic E-state index is -0.532. The van der Waals surface area contributed by atoms with E-state index in [1.807, 2.05) is 24.3 Å². The predicted octanol–water partition coefficient (Wildman–Crippen LogP) is 5.75. The molecule has 0 heterocycles. The van der Waals surface area contributed by atoms with E-state index in [-0.39, 0.29) is 5.56 Å². The Bertz CT molecular complexity index is 938. The summed E-state index contributed by atoms with van der Waals surface area (Å²) in [6.07, 6.45) is 0. The molecule has 0 aliphatic carbocycles. The van der Waals surface area contributed by atoms with Gasteiger partial charge in [0.25, 0.3) is 0 Å². The van der Waals surface area contributed by atoms with Crippen LogP contribution in [-0.2, 0) is 0 Å². The minimum Gasteiger partial charge on any atom is -0.423 e. The zero-order valence-electron chi connectivity index (χ0n) is 12.9. The lowest BCUT2D eigenvalue weighted by atomic mass is 10.0. The van der Waals surface area contributed by atoms with Crippen molar-refractivity contribution in [3.05, 3.63) is 87.9 Å². The van der Waals surface area contributed by atoms with Crippen molar-refractivity contribution in [1.29, 1.82) is 5.26 Å². The average Bonchev–Trinajstić information content (AvgIpc) is 2.61. The van der Waals surface area contributed by atoms with Crippen LogP contribution in [0.15, 0.2) is 66.7 Å². The van der Waals surface area contributed by atoms with Gasteiger partial charge in [-0.2, -0.15) is 5.26 Å². The molecule has 3 aromatic rings. The van der Waals surface area contributed by atoms with E-state index in [4.69, 9.17) is 33.2 Å². The highest BCUT2D eigenvalue weighted by Gasteiger charge is 2.11. The highest BCUT2D eigenvalue weighted by Crippen LogP contribution is 2.24. The second kappa shape index (κ2) is 7.40. The van der Waals surface area contributed by atoms with E-state index in [9.17, 15) is 4.79 Å². The van der Waals surface area contributed by atoms with Gasteiger partial charge < -0.3 is 4.74 Å². The van der Waals surface area contributed by atoms with Crippen LogP contribution < -0.4 is 4.74 Å². The molecule has 0 N–H and O–H groups in total. The fourth-order valence-electron chi connectivity index (χ4n) is 2.29. The third kappa shape index (κ3) is 4.19. The van der Waals surface area contributed by atoms with Crippen LogP contribution in [0.2, 0.25) is 10.0 Å². The molecule has 0 unspecified atom stereocenters. The van der Waals surface area contributed by atoms with Crippen molar-refractivity contribution in [1.82, 2.24) is 0 Å². The fourth-order valence-corrected chi connectivity index (χ4v) is 2.82. The summed E-state index contributed by atoms with van der Waals surface area (Å²) in [5, 5.41) is 9.57. The van der Waals surface area contributed by atoms with Crippen molar-refractivity contribution >= 4 is 29.2 Å². The zero-order valence-corrected chi connectivity index (χ0v) is 14.4. The molecule has 0 aliphatic heterocycles. The lowest BCUT2D eigenvalue weighted by Crippen LogP contribution is -2.08. The van der Waals surface area contributed by atoms with Crippen LogP contribution in [0.25, 0.3) is 11.1 Å². The largest absolute Gasteiger partial charge is 0.423 e. The maximum Gasteiger partial charge on any atom is 0.343 e. The number of rotatable bonds is 3. The van der Waals surface area contributed by atoms with Crippen molar-refractivity contribution in [3.8, 4) is 22.9 Å². The number of nitrogens with zero attached hydrogens (tertiary/aromatic N) is 1. The highest BCUT2D eigenvalue weighted by atomic mass is 35.5. The van der Waals surface area contributed by atoms with Crippen molar-refractivity contribution in [2.75, 3.05) is 0 Å². The summed E-state index contributed by atoms with van der Waals surface area (Å²) < 4.78 is 5.34. The third-order valence-electron chi connectivity index (χ3n) is 3.51. The van der Waals surface area contributed by atoms with Gasteiger partial charge in [-0.05, 0) is 53.6 Å². The van der Waals surface area contributed by atoms with Gasteiger partial charge in [0.15, 0.2) is 0 Å². The Hall–Kier alpha value is -2.80. The smallest absolute Gasteiger partial charge is 0.343 e. The van der Waals surface area contributed by atoms with Gasteiger partial charge in [-0.15, -0.1) is 0 Å². The van der Waals surface area contributed by atoms with Crippen molar-refractivity contribution in [2.45, 2.75) is 0 Å². The van der Waals surface area contributed by atoms with Crippen LogP contribution in [0.4, 0.5) is 0 Å². The molecule has 3 nitrogen and oxygen atoms in total. The maximum absolute atomic E-state index is 12.2. The van der Waals surface area contributed by atoms with E-state index in [1.165, 1.54) is 12.1 Å². The highest BCUT2D eigenvalue weighted by molar-refractivity contribution is 6.35. The SMILES string of the molecule is N#Cc1ccc(-c2ccc(OC(=O)c3cc(Cl)cc(Cl)c3)cc2)cc1. The van der Waals surface area contributed by atoms with E-state index in [2.05, 4.69) is 6.07 Å². The van der Waals surface area contributed by atoms with Gasteiger partial charge in [0.05, 0.1) is 17.2 Å². The monoisotopic (exact) mass is 367 g/mol. The molecule has 0 atom stereocenters. The van der Waals surface area contributed by atoms with Gasteiger partial charge in [0.1, 0.15) is 5.75 Å². The summed E-state index contributed by atoms with van der Waals surface area (Å²) in [6.45, 7) is 0. The summed E-state index contributed by atoms with van der Waals surface area (Å²) in [5.41, 5.74) is 2.82. The molecule has 122 valence electrons. The Balaban J connectivity index is 1.76. The summed E-state index contributed by atoms with van der Waals surface area (Å²) in [7, 11) is 0. The molecule has 0 radical (unpaired) electrons. The number of benzene rings is 3. The van der Waals surface area contributed by atoms with Gasteiger partial charge in [-0.3, -0.25) is 0 Å². The molecular weight excluding hydrogens is 357 g/mol. The maximum atomic E-state index is 12.2. The van der Waals surface area contributed by atoms with Crippen LogP contribution in [0.1, 0.15) is 15.9 Å². The number of hydrogen-bond donors (Lipinski definition) is 0. The van der Waals surface area contributed by atoms with E-state index in [0.29, 0.717) is 21.4 Å². The van der Waals surface area contributed by atoms with Gasteiger partial charge in [0, 0.05) is 10.0 Å². The summed E-state index contributed by atoms with van der Waals surface area (Å²) in [5.74, 6) is -0.117. The van der Waals surface area contributed by atoms with Crippen LogP contribution in [0, 0.1) is 11.3 Å². The Morgan fingerprint density at radius 1 is 0.840 bits per heavy atom. The molecule has 0 amide bonds. The van der Waals surface area contributed by atoms with E-state index in [0.717, 1.165) is 11.1 Å². The first-order valence-electron chi connectivity index (χ1n) is 7.34. The molecule has 0 spiro atoms. The first-order chi connectivity index (χ1) is 12.0. The summed E-state index contributed by atoms with van der Waals surface area (Å²) >= 11 is 11.8. The Morgan fingerprint density at radius 2 is 1.36 bits per heavy atom. The Morgan fingerprint density at radius 3 is 1.88 bits per heavy atom. The quantitative estimate of drug-likeness (QED) is 0.437. The first-order valence-corrected chi connectivity index (χ1v) is 8.09. The van der Waals surface area contributed by atoms with Gasteiger partial charge in [0.2, 0.25) is 0 Å². The van der Waals surface area contributed by atoms with Gasteiger partial charge in [-0.1, -0.05) is 47.5 Å². The Kier molecular flexibility index (Phi) is 5.04. The number of halogens is 2. The van der Waals surface area contributed by atoms with Gasteiger partial charge >= 0.3 is 5.97 Å². The second-order valence-corrected chi connectivity index (χ2v) is 6.13. The molecule has 25 heavy (non-hydrogen) atoms. The fraction of sp³-hybridized carbons (Fsp3) is 0. The molecule has 3 aromatic carbocycles. The first kappa shape index (κ1) is 17.0. The second-order valence-electron chi connectivity index (χ2n) is 5.26. The van der Waals surface area contributed by atoms with Crippen molar-refractivity contribution < 1.29 is 9.53 Å². The van der Waals surface area contributed by atoms with Crippen molar-refractivity contribution in [3.63, 3.8) is 0 Å². The minimum absolute atomic E-state index is 0.286. The molecule has 5 heteroatoms. The van der Waals surface area contributed by atoms with E-state index < -0.39 is 5.97 Å². The van der Waals surface area contributed by atoms with Gasteiger partial charge in [-0.25, -0.2) is 4.79 Å². The normalized spacial score (nSPS) is 10.1. The topological polar surface area (TPSA) is 50.1 Å². The third-order valence-corrected chi connectivity index (χ3v) is 3.95. The number of esters is 1. The number of carbonyl (C=O) groups excluding carboxylic acids is 1. The molecule has 0 fully saturated rings. The molecule has 0 aromatic heterocycles. The lowest BCUT2D eigenvalue weighted by Gasteiger charge is -2.07. The molecule has 0 saturated heterocycles. The molecule has 0 aliphatic rings. The van der Waals surface area contributed by atoms with Crippen LogP contribution in [0.3, 0.4) is 0 Å². The number of nitriles is 1. The van der Waals surface area contributed by atoms with E-state index >= 15 is 0 Å².